The van der Waals surface area contributed by atoms with Gasteiger partial charge in [0, 0.05) is 19.6 Å². The highest BCUT2D eigenvalue weighted by atomic mass is 16.5. The van der Waals surface area contributed by atoms with Crippen molar-refractivity contribution in [3.63, 3.8) is 0 Å². The van der Waals surface area contributed by atoms with Gasteiger partial charge in [-0.1, -0.05) is 32.9 Å². The van der Waals surface area contributed by atoms with E-state index in [4.69, 9.17) is 10.5 Å². The Morgan fingerprint density at radius 2 is 2.14 bits per heavy atom. The van der Waals surface area contributed by atoms with Crippen molar-refractivity contribution in [2.75, 3.05) is 26.2 Å². The molecule has 1 aromatic carbocycles. The molecule has 1 aliphatic rings. The first-order chi connectivity index (χ1) is 9.99. The molecule has 2 N–H and O–H groups in total. The molecule has 0 bridgehead atoms. The van der Waals surface area contributed by atoms with E-state index in [2.05, 4.69) is 25.7 Å². The highest BCUT2D eigenvalue weighted by Gasteiger charge is 2.31. The average molecular weight is 290 g/mol. The van der Waals surface area contributed by atoms with Gasteiger partial charge in [-0.05, 0) is 48.4 Å². The second-order valence-electron chi connectivity index (χ2n) is 7.21. The van der Waals surface area contributed by atoms with Gasteiger partial charge in [0.05, 0.1) is 6.61 Å². The molecule has 1 atom stereocenters. The molecule has 0 aromatic heterocycles. The number of rotatable bonds is 6. The van der Waals surface area contributed by atoms with Gasteiger partial charge in [0.2, 0.25) is 0 Å². The van der Waals surface area contributed by atoms with Crippen molar-refractivity contribution in [1.29, 1.82) is 0 Å². The predicted octanol–water partition coefficient (Wildman–Crippen LogP) is 3.28. The summed E-state index contributed by atoms with van der Waals surface area (Å²) in [7, 11) is 0. The van der Waals surface area contributed by atoms with Gasteiger partial charge in [-0.15, -0.1) is 0 Å². The molecule has 0 amide bonds. The maximum Gasteiger partial charge on any atom is 0.119 e. The quantitative estimate of drug-likeness (QED) is 0.817. The molecule has 1 heterocycles. The molecular formula is C18H30N2O. The van der Waals surface area contributed by atoms with E-state index in [1.807, 2.05) is 24.3 Å². The predicted molar refractivity (Wildman–Crippen MR) is 88.4 cm³/mol. The number of nitrogens with zero attached hydrogens (tertiary/aromatic N) is 1. The second kappa shape index (κ2) is 7.28. The first kappa shape index (κ1) is 16.3. The summed E-state index contributed by atoms with van der Waals surface area (Å²) in [5.74, 6) is 1.77. The zero-order valence-electron chi connectivity index (χ0n) is 13.8. The Morgan fingerprint density at radius 3 is 2.81 bits per heavy atom. The van der Waals surface area contributed by atoms with E-state index in [0.29, 0.717) is 12.0 Å². The lowest BCUT2D eigenvalue weighted by Gasteiger charge is -2.27. The summed E-state index contributed by atoms with van der Waals surface area (Å²) < 4.78 is 5.82. The van der Waals surface area contributed by atoms with Gasteiger partial charge < -0.3 is 15.4 Å². The molecule has 0 spiro atoms. The number of hydrogen-bond donors (Lipinski definition) is 1. The number of hydrogen-bond acceptors (Lipinski definition) is 3. The fourth-order valence-corrected chi connectivity index (χ4v) is 2.98. The van der Waals surface area contributed by atoms with Gasteiger partial charge in [-0.2, -0.15) is 0 Å². The summed E-state index contributed by atoms with van der Waals surface area (Å²) >= 11 is 0. The molecule has 3 nitrogen and oxygen atoms in total. The molecule has 0 aliphatic carbocycles. The molecule has 1 aliphatic heterocycles. The molecule has 3 heteroatoms. The van der Waals surface area contributed by atoms with Gasteiger partial charge in [-0.25, -0.2) is 0 Å². The first-order valence-corrected chi connectivity index (χ1v) is 8.13. The highest BCUT2D eigenvalue weighted by molar-refractivity contribution is 5.28. The minimum absolute atomic E-state index is 0.438. The van der Waals surface area contributed by atoms with Crippen LogP contribution in [-0.4, -0.2) is 31.1 Å². The monoisotopic (exact) mass is 290 g/mol. The van der Waals surface area contributed by atoms with Crippen LogP contribution in [0, 0.1) is 11.3 Å². The SMILES string of the molecule is CC(C)(C)C1CCN(CCCOc2cccc(CN)c2)C1. The van der Waals surface area contributed by atoms with Gasteiger partial charge in [-0.3, -0.25) is 0 Å². The van der Waals surface area contributed by atoms with Crippen molar-refractivity contribution < 1.29 is 4.74 Å². The number of nitrogens with two attached hydrogens (primary N) is 1. The molecule has 0 saturated carbocycles. The minimum atomic E-state index is 0.438. The van der Waals surface area contributed by atoms with Crippen LogP contribution >= 0.6 is 0 Å². The summed E-state index contributed by atoms with van der Waals surface area (Å²) in [6.07, 6.45) is 2.42. The van der Waals surface area contributed by atoms with Crippen LogP contribution in [0.2, 0.25) is 0 Å². The van der Waals surface area contributed by atoms with Crippen LogP contribution in [0.1, 0.15) is 39.2 Å². The van der Waals surface area contributed by atoms with Crippen molar-refractivity contribution >= 4 is 0 Å². The van der Waals surface area contributed by atoms with Crippen LogP contribution in [0.4, 0.5) is 0 Å². The molecule has 1 fully saturated rings. The molecule has 118 valence electrons. The van der Waals surface area contributed by atoms with E-state index in [1.165, 1.54) is 19.5 Å². The molecule has 2 rings (SSSR count). The molecule has 0 radical (unpaired) electrons. The Hall–Kier alpha value is -1.06. The lowest BCUT2D eigenvalue weighted by Crippen LogP contribution is -2.27. The smallest absolute Gasteiger partial charge is 0.119 e. The third kappa shape index (κ3) is 5.01. The standard InChI is InChI=1S/C18H30N2O/c1-18(2,3)16-8-10-20(14-16)9-5-11-21-17-7-4-6-15(12-17)13-19/h4,6-7,12,16H,5,8-11,13-14,19H2,1-3H3. The number of benzene rings is 1. The van der Waals surface area contributed by atoms with Gasteiger partial charge in [0.15, 0.2) is 0 Å². The van der Waals surface area contributed by atoms with Crippen molar-refractivity contribution in [3.05, 3.63) is 29.8 Å². The minimum Gasteiger partial charge on any atom is -0.494 e. The van der Waals surface area contributed by atoms with Crippen molar-refractivity contribution in [2.24, 2.45) is 17.1 Å². The Kier molecular flexibility index (Phi) is 5.65. The molecule has 1 aromatic rings. The molecule has 21 heavy (non-hydrogen) atoms. The summed E-state index contributed by atoms with van der Waals surface area (Å²) in [6.45, 7) is 12.0. The maximum atomic E-state index is 5.82. The van der Waals surface area contributed by atoms with E-state index in [-0.39, 0.29) is 0 Å². The first-order valence-electron chi connectivity index (χ1n) is 8.13. The Morgan fingerprint density at radius 1 is 1.33 bits per heavy atom. The maximum absolute atomic E-state index is 5.82. The third-order valence-corrected chi connectivity index (χ3v) is 4.52. The van der Waals surface area contributed by atoms with Crippen molar-refractivity contribution in [3.8, 4) is 5.75 Å². The fourth-order valence-electron chi connectivity index (χ4n) is 2.98. The van der Waals surface area contributed by atoms with Gasteiger partial charge in [0.25, 0.3) is 0 Å². The topological polar surface area (TPSA) is 38.5 Å². The lowest BCUT2D eigenvalue weighted by atomic mass is 9.80. The highest BCUT2D eigenvalue weighted by Crippen LogP contribution is 2.33. The van der Waals surface area contributed by atoms with Crippen LogP contribution in [0.25, 0.3) is 0 Å². The molecular weight excluding hydrogens is 260 g/mol. The van der Waals surface area contributed by atoms with Crippen LogP contribution in [0.3, 0.4) is 0 Å². The summed E-state index contributed by atoms with van der Waals surface area (Å²) in [4.78, 5) is 2.58. The summed E-state index contributed by atoms with van der Waals surface area (Å²) in [5, 5.41) is 0. The summed E-state index contributed by atoms with van der Waals surface area (Å²) in [5.41, 5.74) is 7.21. The van der Waals surface area contributed by atoms with Gasteiger partial charge in [0.1, 0.15) is 5.75 Å². The average Bonchev–Trinajstić information content (AvgIpc) is 2.93. The van der Waals surface area contributed by atoms with Crippen LogP contribution in [0.15, 0.2) is 24.3 Å². The summed E-state index contributed by atoms with van der Waals surface area (Å²) in [6, 6.07) is 8.08. The van der Waals surface area contributed by atoms with Gasteiger partial charge >= 0.3 is 0 Å². The number of ether oxygens (including phenoxy) is 1. The van der Waals surface area contributed by atoms with Crippen molar-refractivity contribution in [1.82, 2.24) is 4.90 Å². The second-order valence-corrected chi connectivity index (χ2v) is 7.21. The van der Waals surface area contributed by atoms with E-state index < -0.39 is 0 Å². The number of likely N-dealkylation sites (tertiary alicyclic amines) is 1. The Bertz CT molecular complexity index is 439. The molecule has 1 unspecified atom stereocenters. The van der Waals surface area contributed by atoms with Crippen LogP contribution < -0.4 is 10.5 Å². The van der Waals surface area contributed by atoms with E-state index >= 15 is 0 Å². The van der Waals surface area contributed by atoms with E-state index in [9.17, 15) is 0 Å². The zero-order valence-corrected chi connectivity index (χ0v) is 13.8. The normalized spacial score (nSPS) is 19.9. The lowest BCUT2D eigenvalue weighted by molar-refractivity contribution is 0.218. The third-order valence-electron chi connectivity index (χ3n) is 4.52. The zero-order chi connectivity index (χ0) is 15.3. The Labute approximate surface area is 129 Å². The van der Waals surface area contributed by atoms with Crippen LogP contribution in [-0.2, 0) is 6.54 Å². The molecule has 1 saturated heterocycles. The fraction of sp³-hybridized carbons (Fsp3) is 0.667. The Balaban J connectivity index is 1.66. The van der Waals surface area contributed by atoms with E-state index in [0.717, 1.165) is 36.8 Å². The van der Waals surface area contributed by atoms with Crippen molar-refractivity contribution in [2.45, 2.75) is 40.2 Å². The van der Waals surface area contributed by atoms with Crippen LogP contribution in [0.5, 0.6) is 5.75 Å². The largest absolute Gasteiger partial charge is 0.494 e. The van der Waals surface area contributed by atoms with E-state index in [1.54, 1.807) is 0 Å².